The highest BCUT2D eigenvalue weighted by Gasteiger charge is 1.94. The molecule has 10 heavy (non-hydrogen) atoms. The Morgan fingerprint density at radius 1 is 1.40 bits per heavy atom. The standard InChI is InChI=1S/C7H9NOS/c8-6-3-1-2-4-7(6)10-5-9/h1-4,9H,5,8H2. The Balaban J connectivity index is 2.81. The monoisotopic (exact) mass is 155 g/mol. The molecule has 0 fully saturated rings. The SMILES string of the molecule is Nc1ccccc1SCO. The minimum Gasteiger partial charge on any atom is -0.398 e. The average Bonchev–Trinajstić information content (AvgIpc) is 1.94. The Morgan fingerprint density at radius 3 is 2.70 bits per heavy atom. The van der Waals surface area contributed by atoms with Crippen molar-refractivity contribution in [3.8, 4) is 0 Å². The van der Waals surface area contributed by atoms with E-state index in [2.05, 4.69) is 0 Å². The van der Waals surface area contributed by atoms with Gasteiger partial charge in [-0.15, -0.1) is 0 Å². The molecule has 1 aromatic carbocycles. The maximum Gasteiger partial charge on any atom is 0.0932 e. The molecule has 1 aromatic rings. The fourth-order valence-electron chi connectivity index (χ4n) is 0.682. The number of anilines is 1. The van der Waals surface area contributed by atoms with Gasteiger partial charge in [-0.05, 0) is 12.1 Å². The highest BCUT2D eigenvalue weighted by molar-refractivity contribution is 7.99. The van der Waals surface area contributed by atoms with E-state index >= 15 is 0 Å². The highest BCUT2D eigenvalue weighted by atomic mass is 32.2. The van der Waals surface area contributed by atoms with Gasteiger partial charge in [0.15, 0.2) is 0 Å². The molecule has 3 N–H and O–H groups in total. The van der Waals surface area contributed by atoms with Gasteiger partial charge in [-0.3, -0.25) is 0 Å². The van der Waals surface area contributed by atoms with Crippen LogP contribution in [0.2, 0.25) is 0 Å². The lowest BCUT2D eigenvalue weighted by molar-refractivity contribution is 0.375. The summed E-state index contributed by atoms with van der Waals surface area (Å²) in [6, 6.07) is 7.47. The van der Waals surface area contributed by atoms with Crippen LogP contribution in [0.5, 0.6) is 0 Å². The highest BCUT2D eigenvalue weighted by Crippen LogP contribution is 2.22. The van der Waals surface area contributed by atoms with Gasteiger partial charge in [0.05, 0.1) is 5.94 Å². The maximum atomic E-state index is 8.55. The number of nitrogen functional groups attached to an aromatic ring is 1. The van der Waals surface area contributed by atoms with Crippen molar-refractivity contribution in [1.29, 1.82) is 0 Å². The first-order valence-corrected chi connectivity index (χ1v) is 3.91. The Kier molecular flexibility index (Phi) is 2.59. The average molecular weight is 155 g/mol. The first-order valence-electron chi connectivity index (χ1n) is 2.93. The molecule has 0 aromatic heterocycles. The van der Waals surface area contributed by atoms with Crippen molar-refractivity contribution in [3.63, 3.8) is 0 Å². The molecule has 2 nitrogen and oxygen atoms in total. The van der Waals surface area contributed by atoms with Crippen LogP contribution >= 0.6 is 11.8 Å². The van der Waals surface area contributed by atoms with Gasteiger partial charge in [0.25, 0.3) is 0 Å². The van der Waals surface area contributed by atoms with E-state index in [9.17, 15) is 0 Å². The Hall–Kier alpha value is -0.670. The molecule has 0 saturated carbocycles. The molecule has 0 saturated heterocycles. The van der Waals surface area contributed by atoms with Crippen molar-refractivity contribution in [1.82, 2.24) is 0 Å². The van der Waals surface area contributed by atoms with E-state index in [0.29, 0.717) is 0 Å². The molecule has 0 aliphatic heterocycles. The smallest absolute Gasteiger partial charge is 0.0932 e. The summed E-state index contributed by atoms with van der Waals surface area (Å²) < 4.78 is 0. The summed E-state index contributed by atoms with van der Waals surface area (Å²) in [5, 5.41) is 8.55. The van der Waals surface area contributed by atoms with Gasteiger partial charge in [0, 0.05) is 10.6 Å². The van der Waals surface area contributed by atoms with Crippen LogP contribution in [0.15, 0.2) is 29.2 Å². The summed E-state index contributed by atoms with van der Waals surface area (Å²) in [7, 11) is 0. The van der Waals surface area contributed by atoms with E-state index in [1.807, 2.05) is 24.3 Å². The van der Waals surface area contributed by atoms with Gasteiger partial charge in [-0.2, -0.15) is 0 Å². The number of rotatable bonds is 2. The number of para-hydroxylation sites is 1. The fraction of sp³-hybridized carbons (Fsp3) is 0.143. The van der Waals surface area contributed by atoms with Crippen molar-refractivity contribution < 1.29 is 5.11 Å². The number of nitrogens with two attached hydrogens (primary N) is 1. The van der Waals surface area contributed by atoms with Crippen LogP contribution in [0.25, 0.3) is 0 Å². The molecule has 0 aliphatic rings. The van der Waals surface area contributed by atoms with E-state index in [4.69, 9.17) is 10.8 Å². The molecule has 3 heteroatoms. The zero-order chi connectivity index (χ0) is 7.40. The normalized spacial score (nSPS) is 9.70. The van der Waals surface area contributed by atoms with Gasteiger partial charge >= 0.3 is 0 Å². The zero-order valence-corrected chi connectivity index (χ0v) is 6.27. The molecule has 0 heterocycles. The van der Waals surface area contributed by atoms with Gasteiger partial charge in [0.1, 0.15) is 0 Å². The predicted octanol–water partition coefficient (Wildman–Crippen LogP) is 1.31. The van der Waals surface area contributed by atoms with Gasteiger partial charge in [-0.25, -0.2) is 0 Å². The molecule has 0 aliphatic carbocycles. The van der Waals surface area contributed by atoms with E-state index in [-0.39, 0.29) is 5.94 Å². The van der Waals surface area contributed by atoms with Crippen LogP contribution in [0.3, 0.4) is 0 Å². The maximum absolute atomic E-state index is 8.55. The zero-order valence-electron chi connectivity index (χ0n) is 5.45. The van der Waals surface area contributed by atoms with Gasteiger partial charge < -0.3 is 10.8 Å². The number of thioether (sulfide) groups is 1. The minimum absolute atomic E-state index is 0.0776. The molecule has 0 unspecified atom stereocenters. The number of benzene rings is 1. The van der Waals surface area contributed by atoms with Crippen LogP contribution in [-0.2, 0) is 0 Å². The second-order valence-corrected chi connectivity index (χ2v) is 2.80. The molecule has 0 radical (unpaired) electrons. The number of hydrogen-bond donors (Lipinski definition) is 2. The second kappa shape index (κ2) is 3.49. The van der Waals surface area contributed by atoms with Crippen molar-refractivity contribution >= 4 is 17.4 Å². The van der Waals surface area contributed by atoms with Crippen molar-refractivity contribution in [2.75, 3.05) is 11.7 Å². The van der Waals surface area contributed by atoms with Gasteiger partial charge in [-0.1, -0.05) is 23.9 Å². The Morgan fingerprint density at radius 2 is 2.10 bits per heavy atom. The van der Waals surface area contributed by atoms with E-state index in [1.54, 1.807) is 0 Å². The third-order valence-electron chi connectivity index (χ3n) is 1.14. The largest absolute Gasteiger partial charge is 0.398 e. The lowest BCUT2D eigenvalue weighted by Gasteiger charge is -2.00. The molecular formula is C7H9NOS. The molecule has 0 amide bonds. The van der Waals surface area contributed by atoms with Crippen molar-refractivity contribution in [2.45, 2.75) is 4.90 Å². The van der Waals surface area contributed by atoms with Crippen LogP contribution in [0.1, 0.15) is 0 Å². The first kappa shape index (κ1) is 7.44. The molecule has 1 rings (SSSR count). The van der Waals surface area contributed by atoms with Crippen LogP contribution in [0.4, 0.5) is 5.69 Å². The third kappa shape index (κ3) is 1.65. The van der Waals surface area contributed by atoms with Crippen LogP contribution in [-0.4, -0.2) is 11.0 Å². The lowest BCUT2D eigenvalue weighted by atomic mass is 10.3. The molecule has 0 bridgehead atoms. The molecule has 54 valence electrons. The summed E-state index contributed by atoms with van der Waals surface area (Å²) >= 11 is 1.33. The van der Waals surface area contributed by atoms with Gasteiger partial charge in [0.2, 0.25) is 0 Å². The van der Waals surface area contributed by atoms with Crippen molar-refractivity contribution in [3.05, 3.63) is 24.3 Å². The summed E-state index contributed by atoms with van der Waals surface area (Å²) in [5.74, 6) is 0.0776. The lowest BCUT2D eigenvalue weighted by Crippen LogP contribution is -1.87. The Bertz CT molecular complexity index is 215. The predicted molar refractivity (Wildman–Crippen MR) is 43.8 cm³/mol. The third-order valence-corrected chi connectivity index (χ3v) is 1.95. The summed E-state index contributed by atoms with van der Waals surface area (Å²) in [6.45, 7) is 0. The summed E-state index contributed by atoms with van der Waals surface area (Å²) in [4.78, 5) is 0.935. The van der Waals surface area contributed by atoms with E-state index in [1.165, 1.54) is 11.8 Å². The van der Waals surface area contributed by atoms with Crippen molar-refractivity contribution in [2.24, 2.45) is 0 Å². The van der Waals surface area contributed by atoms with Crippen LogP contribution in [0, 0.1) is 0 Å². The fourth-order valence-corrected chi connectivity index (χ4v) is 1.23. The van der Waals surface area contributed by atoms with Crippen LogP contribution < -0.4 is 5.73 Å². The second-order valence-electron chi connectivity index (χ2n) is 1.81. The number of aliphatic hydroxyl groups excluding tert-OH is 1. The molecular weight excluding hydrogens is 146 g/mol. The molecule has 0 spiro atoms. The van der Waals surface area contributed by atoms with E-state index < -0.39 is 0 Å². The van der Waals surface area contributed by atoms with E-state index in [0.717, 1.165) is 10.6 Å². The quantitative estimate of drug-likeness (QED) is 0.384. The Labute approximate surface area is 64.1 Å². The minimum atomic E-state index is 0.0776. The summed E-state index contributed by atoms with van der Waals surface area (Å²) in [5.41, 5.74) is 6.30. The topological polar surface area (TPSA) is 46.2 Å². The first-order chi connectivity index (χ1) is 4.84. The number of hydrogen-bond acceptors (Lipinski definition) is 3. The molecule has 0 atom stereocenters. The summed E-state index contributed by atoms with van der Waals surface area (Å²) in [6.07, 6.45) is 0. The number of aliphatic hydroxyl groups is 1.